The minimum atomic E-state index is 0.464. The van der Waals surface area contributed by atoms with E-state index < -0.39 is 0 Å². The van der Waals surface area contributed by atoms with Gasteiger partial charge in [0, 0.05) is 16.5 Å². The number of fused-ring (bicyclic) bond motifs is 1. The molecule has 0 bridgehead atoms. The van der Waals surface area contributed by atoms with Crippen LogP contribution in [0.5, 0.6) is 0 Å². The third kappa shape index (κ3) is 2.47. The summed E-state index contributed by atoms with van der Waals surface area (Å²) >= 11 is 3.57. The lowest BCUT2D eigenvalue weighted by Crippen LogP contribution is -2.08. The summed E-state index contributed by atoms with van der Waals surface area (Å²) in [5, 5.41) is 13.2. The molecule has 2 aromatic heterocycles. The van der Waals surface area contributed by atoms with Crippen LogP contribution >= 0.6 is 23.1 Å². The number of nitrogens with zero attached hydrogens (tertiary/aromatic N) is 3. The van der Waals surface area contributed by atoms with E-state index in [-0.39, 0.29) is 0 Å². The van der Waals surface area contributed by atoms with Gasteiger partial charge in [0.15, 0.2) is 5.16 Å². The molecule has 0 atom stereocenters. The van der Waals surface area contributed by atoms with Crippen molar-refractivity contribution in [1.29, 1.82) is 0 Å². The lowest BCUT2D eigenvalue weighted by atomic mass is 10.2. The molecule has 0 aliphatic heterocycles. The molecular weight excluding hydrogens is 300 g/mol. The van der Waals surface area contributed by atoms with E-state index in [1.807, 2.05) is 0 Å². The molecule has 0 radical (unpaired) electrons. The monoisotopic (exact) mass is 316 g/mol. The van der Waals surface area contributed by atoms with Gasteiger partial charge in [0.25, 0.3) is 0 Å². The van der Waals surface area contributed by atoms with Gasteiger partial charge in [0.2, 0.25) is 0 Å². The smallest absolute Gasteiger partial charge is 0.191 e. The number of thiophene rings is 1. The summed E-state index contributed by atoms with van der Waals surface area (Å²) in [5.41, 5.74) is 7.14. The molecule has 108 valence electrons. The normalized spacial score (nSPS) is 14.9. The average molecular weight is 316 g/mol. The summed E-state index contributed by atoms with van der Waals surface area (Å²) in [6, 6.07) is 9.13. The number of thioether (sulfide) groups is 1. The summed E-state index contributed by atoms with van der Waals surface area (Å²) in [6.07, 6.45) is 2.44. The van der Waals surface area contributed by atoms with Crippen molar-refractivity contribution in [2.45, 2.75) is 36.3 Å². The van der Waals surface area contributed by atoms with E-state index in [4.69, 9.17) is 5.73 Å². The van der Waals surface area contributed by atoms with E-state index in [1.165, 1.54) is 28.5 Å². The molecule has 21 heavy (non-hydrogen) atoms. The van der Waals surface area contributed by atoms with Gasteiger partial charge in [0.05, 0.1) is 6.54 Å². The molecule has 1 aliphatic rings. The zero-order chi connectivity index (χ0) is 14.2. The Morgan fingerprint density at radius 2 is 2.14 bits per heavy atom. The third-order valence-corrected chi connectivity index (χ3v) is 5.75. The van der Waals surface area contributed by atoms with Crippen LogP contribution in [0.15, 0.2) is 34.8 Å². The fraction of sp³-hybridized carbons (Fsp3) is 0.333. The SMILES string of the molecule is NCc1nnc(SCc2csc3ccccc23)n1C1CC1. The van der Waals surface area contributed by atoms with E-state index >= 15 is 0 Å². The molecule has 6 heteroatoms. The van der Waals surface area contributed by atoms with E-state index in [2.05, 4.69) is 44.4 Å². The Labute approximate surface area is 131 Å². The molecule has 1 aromatic carbocycles. The van der Waals surface area contributed by atoms with E-state index in [0.29, 0.717) is 12.6 Å². The Balaban J connectivity index is 1.58. The second-order valence-corrected chi connectivity index (χ2v) is 7.10. The van der Waals surface area contributed by atoms with Gasteiger partial charge in [-0.25, -0.2) is 0 Å². The molecule has 1 saturated carbocycles. The number of benzene rings is 1. The first-order chi connectivity index (χ1) is 10.4. The van der Waals surface area contributed by atoms with Gasteiger partial charge in [-0.1, -0.05) is 30.0 Å². The largest absolute Gasteiger partial charge is 0.324 e. The van der Waals surface area contributed by atoms with Gasteiger partial charge in [0.1, 0.15) is 5.82 Å². The Kier molecular flexibility index (Phi) is 3.45. The Morgan fingerprint density at radius 1 is 1.29 bits per heavy atom. The topological polar surface area (TPSA) is 56.7 Å². The fourth-order valence-corrected chi connectivity index (χ4v) is 4.62. The second-order valence-electron chi connectivity index (χ2n) is 5.25. The molecule has 2 N–H and O–H groups in total. The van der Waals surface area contributed by atoms with Crippen LogP contribution in [-0.2, 0) is 12.3 Å². The van der Waals surface area contributed by atoms with Gasteiger partial charge < -0.3 is 10.3 Å². The molecule has 1 aliphatic carbocycles. The number of hydrogen-bond acceptors (Lipinski definition) is 5. The molecule has 0 unspecified atom stereocenters. The summed E-state index contributed by atoms with van der Waals surface area (Å²) in [6.45, 7) is 0.464. The lowest BCUT2D eigenvalue weighted by Gasteiger charge is -2.07. The Hall–Kier alpha value is -1.37. The molecule has 1 fully saturated rings. The van der Waals surface area contributed by atoms with Crippen molar-refractivity contribution in [3.63, 3.8) is 0 Å². The van der Waals surface area contributed by atoms with Crippen molar-refractivity contribution in [3.05, 3.63) is 41.0 Å². The zero-order valence-corrected chi connectivity index (χ0v) is 13.2. The summed E-state index contributed by atoms with van der Waals surface area (Å²) in [5.74, 6) is 1.84. The fourth-order valence-electron chi connectivity index (χ4n) is 2.53. The number of aromatic nitrogens is 3. The van der Waals surface area contributed by atoms with Crippen LogP contribution in [0.1, 0.15) is 30.3 Å². The number of hydrogen-bond donors (Lipinski definition) is 1. The van der Waals surface area contributed by atoms with Gasteiger partial charge in [-0.2, -0.15) is 0 Å². The van der Waals surface area contributed by atoms with E-state index in [0.717, 1.165) is 16.7 Å². The van der Waals surface area contributed by atoms with Crippen LogP contribution in [0.4, 0.5) is 0 Å². The average Bonchev–Trinajstić information content (AvgIpc) is 3.14. The predicted molar refractivity (Wildman–Crippen MR) is 87.6 cm³/mol. The van der Waals surface area contributed by atoms with Crippen LogP contribution in [0.25, 0.3) is 10.1 Å². The van der Waals surface area contributed by atoms with Gasteiger partial charge in [-0.3, -0.25) is 0 Å². The second kappa shape index (κ2) is 5.44. The third-order valence-electron chi connectivity index (χ3n) is 3.75. The highest BCUT2D eigenvalue weighted by Crippen LogP contribution is 2.39. The van der Waals surface area contributed by atoms with Crippen molar-refractivity contribution < 1.29 is 0 Å². The highest BCUT2D eigenvalue weighted by atomic mass is 32.2. The molecule has 0 saturated heterocycles. The predicted octanol–water partition coefficient (Wildman–Crippen LogP) is 3.58. The first-order valence-corrected chi connectivity index (χ1v) is 8.95. The van der Waals surface area contributed by atoms with Crippen molar-refractivity contribution >= 4 is 33.2 Å². The summed E-state index contributed by atoms with van der Waals surface area (Å²) < 4.78 is 3.58. The van der Waals surface area contributed by atoms with Crippen LogP contribution in [-0.4, -0.2) is 14.8 Å². The maximum Gasteiger partial charge on any atom is 0.191 e. The molecule has 2 heterocycles. The van der Waals surface area contributed by atoms with Gasteiger partial charge in [-0.15, -0.1) is 21.5 Å². The van der Waals surface area contributed by atoms with E-state index in [1.54, 1.807) is 23.1 Å². The quantitative estimate of drug-likeness (QED) is 0.731. The van der Waals surface area contributed by atoms with Crippen molar-refractivity contribution in [1.82, 2.24) is 14.8 Å². The van der Waals surface area contributed by atoms with Gasteiger partial charge in [-0.05, 0) is 35.2 Å². The van der Waals surface area contributed by atoms with Crippen molar-refractivity contribution in [2.75, 3.05) is 0 Å². The zero-order valence-electron chi connectivity index (χ0n) is 11.5. The van der Waals surface area contributed by atoms with Gasteiger partial charge >= 0.3 is 0 Å². The van der Waals surface area contributed by atoms with Crippen molar-refractivity contribution in [2.24, 2.45) is 5.73 Å². The van der Waals surface area contributed by atoms with Crippen LogP contribution in [0.3, 0.4) is 0 Å². The standard InChI is InChI=1S/C15H16N4S2/c16-7-14-17-18-15(19(14)11-5-6-11)21-9-10-8-20-13-4-2-1-3-12(10)13/h1-4,8,11H,5-7,9,16H2. The molecule has 4 nitrogen and oxygen atoms in total. The molecule has 4 rings (SSSR count). The lowest BCUT2D eigenvalue weighted by molar-refractivity contribution is 0.626. The first-order valence-electron chi connectivity index (χ1n) is 7.08. The number of rotatable bonds is 5. The number of nitrogens with two attached hydrogens (primary N) is 1. The highest BCUT2D eigenvalue weighted by molar-refractivity contribution is 7.98. The molecule has 0 amide bonds. The molecular formula is C15H16N4S2. The Morgan fingerprint density at radius 3 is 2.95 bits per heavy atom. The minimum absolute atomic E-state index is 0.464. The maximum atomic E-state index is 5.76. The van der Waals surface area contributed by atoms with Crippen LogP contribution < -0.4 is 5.73 Å². The van der Waals surface area contributed by atoms with Crippen LogP contribution in [0, 0.1) is 0 Å². The molecule has 0 spiro atoms. The van der Waals surface area contributed by atoms with Crippen molar-refractivity contribution in [3.8, 4) is 0 Å². The summed E-state index contributed by atoms with van der Waals surface area (Å²) in [4.78, 5) is 0. The highest BCUT2D eigenvalue weighted by Gasteiger charge is 2.29. The van der Waals surface area contributed by atoms with E-state index in [9.17, 15) is 0 Å². The summed E-state index contributed by atoms with van der Waals surface area (Å²) in [7, 11) is 0. The maximum absolute atomic E-state index is 5.76. The Bertz CT molecular complexity index is 773. The minimum Gasteiger partial charge on any atom is -0.324 e. The first kappa shape index (κ1) is 13.3. The molecule has 3 aromatic rings. The van der Waals surface area contributed by atoms with Crippen LogP contribution in [0.2, 0.25) is 0 Å².